The van der Waals surface area contributed by atoms with E-state index in [1.54, 1.807) is 11.3 Å². The summed E-state index contributed by atoms with van der Waals surface area (Å²) in [6, 6.07) is 0.311. The molecule has 1 saturated heterocycles. The van der Waals surface area contributed by atoms with E-state index in [-0.39, 0.29) is 0 Å². The SMILES string of the molecule is CN1CC(N)CC(c2cscn2)C1. The Bertz CT molecular complexity index is 250. The highest BCUT2D eigenvalue weighted by atomic mass is 32.1. The van der Waals surface area contributed by atoms with Gasteiger partial charge < -0.3 is 10.6 Å². The van der Waals surface area contributed by atoms with Crippen LogP contribution in [-0.4, -0.2) is 36.1 Å². The van der Waals surface area contributed by atoms with Crippen LogP contribution in [0.3, 0.4) is 0 Å². The van der Waals surface area contributed by atoms with E-state index in [1.807, 2.05) is 5.51 Å². The Morgan fingerprint density at radius 3 is 3.08 bits per heavy atom. The molecule has 2 unspecified atom stereocenters. The van der Waals surface area contributed by atoms with Crippen LogP contribution in [0.15, 0.2) is 10.9 Å². The fourth-order valence-corrected chi connectivity index (χ4v) is 2.64. The number of likely N-dealkylation sites (tertiary alicyclic amines) is 1. The second-order valence-corrected chi connectivity index (χ2v) is 4.55. The number of aromatic nitrogens is 1. The van der Waals surface area contributed by atoms with Crippen molar-refractivity contribution >= 4 is 11.3 Å². The summed E-state index contributed by atoms with van der Waals surface area (Å²) in [5.74, 6) is 0.542. The first-order valence-electron chi connectivity index (χ1n) is 4.58. The minimum absolute atomic E-state index is 0.311. The quantitative estimate of drug-likeness (QED) is 0.727. The second kappa shape index (κ2) is 3.74. The summed E-state index contributed by atoms with van der Waals surface area (Å²) < 4.78 is 0. The average Bonchev–Trinajstić information content (AvgIpc) is 2.53. The van der Waals surface area contributed by atoms with Gasteiger partial charge in [0.2, 0.25) is 0 Å². The summed E-state index contributed by atoms with van der Waals surface area (Å²) in [6.45, 7) is 2.11. The van der Waals surface area contributed by atoms with Gasteiger partial charge in [0, 0.05) is 30.4 Å². The molecule has 0 radical (unpaired) electrons. The lowest BCUT2D eigenvalue weighted by atomic mass is 9.93. The smallest absolute Gasteiger partial charge is 0.0794 e. The maximum absolute atomic E-state index is 5.96. The summed E-state index contributed by atoms with van der Waals surface area (Å²) in [7, 11) is 2.12. The molecule has 2 rings (SSSR count). The molecule has 72 valence electrons. The number of piperidine rings is 1. The maximum atomic E-state index is 5.96. The van der Waals surface area contributed by atoms with Gasteiger partial charge in [-0.3, -0.25) is 0 Å². The Balaban J connectivity index is 2.07. The lowest BCUT2D eigenvalue weighted by Crippen LogP contribution is -2.44. The summed E-state index contributed by atoms with van der Waals surface area (Å²) in [4.78, 5) is 6.63. The lowest BCUT2D eigenvalue weighted by molar-refractivity contribution is 0.225. The van der Waals surface area contributed by atoms with E-state index in [2.05, 4.69) is 22.3 Å². The zero-order valence-electron chi connectivity index (χ0n) is 7.81. The average molecular weight is 197 g/mol. The summed E-state index contributed by atoms with van der Waals surface area (Å²) >= 11 is 1.67. The van der Waals surface area contributed by atoms with Gasteiger partial charge in [-0.2, -0.15) is 0 Å². The van der Waals surface area contributed by atoms with E-state index >= 15 is 0 Å². The van der Waals surface area contributed by atoms with Gasteiger partial charge in [0.15, 0.2) is 0 Å². The monoisotopic (exact) mass is 197 g/mol. The van der Waals surface area contributed by atoms with Crippen molar-refractivity contribution in [1.82, 2.24) is 9.88 Å². The molecule has 0 amide bonds. The fraction of sp³-hybridized carbons (Fsp3) is 0.667. The summed E-state index contributed by atoms with van der Waals surface area (Å²) in [6.07, 6.45) is 1.08. The highest BCUT2D eigenvalue weighted by Gasteiger charge is 2.24. The van der Waals surface area contributed by atoms with Crippen molar-refractivity contribution in [2.75, 3.05) is 20.1 Å². The molecule has 3 nitrogen and oxygen atoms in total. The van der Waals surface area contributed by atoms with Gasteiger partial charge in [-0.15, -0.1) is 11.3 Å². The number of thiazole rings is 1. The number of hydrogen-bond acceptors (Lipinski definition) is 4. The number of nitrogens with zero attached hydrogens (tertiary/aromatic N) is 2. The van der Waals surface area contributed by atoms with Crippen LogP contribution in [-0.2, 0) is 0 Å². The molecule has 0 saturated carbocycles. The van der Waals surface area contributed by atoms with E-state index in [9.17, 15) is 0 Å². The summed E-state index contributed by atoms with van der Waals surface area (Å²) in [5, 5.41) is 2.14. The van der Waals surface area contributed by atoms with E-state index in [0.29, 0.717) is 12.0 Å². The predicted octanol–water partition coefficient (Wildman–Crippen LogP) is 0.890. The van der Waals surface area contributed by atoms with Crippen LogP contribution >= 0.6 is 11.3 Å². The topological polar surface area (TPSA) is 42.1 Å². The fourth-order valence-electron chi connectivity index (χ4n) is 2.00. The Kier molecular flexibility index (Phi) is 2.62. The van der Waals surface area contributed by atoms with E-state index in [0.717, 1.165) is 19.5 Å². The molecule has 1 aromatic rings. The van der Waals surface area contributed by atoms with E-state index in [4.69, 9.17) is 5.73 Å². The molecule has 2 atom stereocenters. The molecule has 0 aromatic carbocycles. The molecule has 0 spiro atoms. The van der Waals surface area contributed by atoms with Gasteiger partial charge in [0.05, 0.1) is 11.2 Å². The minimum Gasteiger partial charge on any atom is -0.327 e. The Hall–Kier alpha value is -0.450. The third kappa shape index (κ3) is 2.07. The van der Waals surface area contributed by atoms with E-state index in [1.165, 1.54) is 5.69 Å². The Morgan fingerprint density at radius 1 is 1.62 bits per heavy atom. The zero-order chi connectivity index (χ0) is 9.26. The second-order valence-electron chi connectivity index (χ2n) is 3.83. The molecular formula is C9H15N3S. The first kappa shape index (κ1) is 9.12. The molecule has 0 aliphatic carbocycles. The van der Waals surface area contributed by atoms with Crippen molar-refractivity contribution in [2.24, 2.45) is 5.73 Å². The number of likely N-dealkylation sites (N-methyl/N-ethyl adjacent to an activating group) is 1. The van der Waals surface area contributed by atoms with Crippen molar-refractivity contribution < 1.29 is 0 Å². The molecule has 1 aliphatic rings. The maximum Gasteiger partial charge on any atom is 0.0794 e. The minimum atomic E-state index is 0.311. The first-order chi connectivity index (χ1) is 6.25. The Morgan fingerprint density at radius 2 is 2.46 bits per heavy atom. The Labute approximate surface area is 82.6 Å². The van der Waals surface area contributed by atoms with Crippen molar-refractivity contribution in [3.8, 4) is 0 Å². The van der Waals surface area contributed by atoms with Crippen molar-refractivity contribution in [2.45, 2.75) is 18.4 Å². The van der Waals surface area contributed by atoms with Crippen LogP contribution in [0.25, 0.3) is 0 Å². The van der Waals surface area contributed by atoms with Crippen LogP contribution in [0, 0.1) is 0 Å². The molecule has 2 heterocycles. The number of nitrogens with two attached hydrogens (primary N) is 1. The van der Waals surface area contributed by atoms with Crippen molar-refractivity contribution in [3.63, 3.8) is 0 Å². The lowest BCUT2D eigenvalue weighted by Gasteiger charge is -2.32. The van der Waals surface area contributed by atoms with Gasteiger partial charge in [0.25, 0.3) is 0 Å². The highest BCUT2D eigenvalue weighted by molar-refractivity contribution is 7.07. The molecule has 1 aromatic heterocycles. The standard InChI is InChI=1S/C9H15N3S/c1-12-3-7(2-8(10)4-12)9-5-13-6-11-9/h5-8H,2-4,10H2,1H3. The van der Waals surface area contributed by atoms with Crippen LogP contribution in [0.5, 0.6) is 0 Å². The predicted molar refractivity (Wildman–Crippen MR) is 54.9 cm³/mol. The van der Waals surface area contributed by atoms with Crippen LogP contribution < -0.4 is 5.73 Å². The third-order valence-electron chi connectivity index (χ3n) is 2.54. The van der Waals surface area contributed by atoms with Crippen LogP contribution in [0.1, 0.15) is 18.0 Å². The summed E-state index contributed by atoms with van der Waals surface area (Å²) in [5.41, 5.74) is 9.07. The normalized spacial score (nSPS) is 30.6. The molecule has 1 fully saturated rings. The zero-order valence-corrected chi connectivity index (χ0v) is 8.63. The largest absolute Gasteiger partial charge is 0.327 e. The van der Waals surface area contributed by atoms with Crippen molar-refractivity contribution in [1.29, 1.82) is 0 Å². The van der Waals surface area contributed by atoms with Crippen LogP contribution in [0.2, 0.25) is 0 Å². The van der Waals surface area contributed by atoms with Gasteiger partial charge in [-0.1, -0.05) is 0 Å². The number of hydrogen-bond donors (Lipinski definition) is 1. The molecule has 4 heteroatoms. The molecule has 2 N–H and O–H groups in total. The molecule has 13 heavy (non-hydrogen) atoms. The highest BCUT2D eigenvalue weighted by Crippen LogP contribution is 2.25. The molecule has 0 bridgehead atoms. The number of rotatable bonds is 1. The van der Waals surface area contributed by atoms with Crippen molar-refractivity contribution in [3.05, 3.63) is 16.6 Å². The van der Waals surface area contributed by atoms with Gasteiger partial charge in [0.1, 0.15) is 0 Å². The third-order valence-corrected chi connectivity index (χ3v) is 3.14. The van der Waals surface area contributed by atoms with Gasteiger partial charge >= 0.3 is 0 Å². The van der Waals surface area contributed by atoms with Gasteiger partial charge in [-0.25, -0.2) is 4.98 Å². The van der Waals surface area contributed by atoms with Gasteiger partial charge in [-0.05, 0) is 13.5 Å². The van der Waals surface area contributed by atoms with Crippen LogP contribution in [0.4, 0.5) is 0 Å². The molecular weight excluding hydrogens is 182 g/mol. The van der Waals surface area contributed by atoms with E-state index < -0.39 is 0 Å². The molecule has 1 aliphatic heterocycles. The first-order valence-corrected chi connectivity index (χ1v) is 5.52.